The molecule has 2 heteroatoms. The maximum absolute atomic E-state index is 5.19. The van der Waals surface area contributed by atoms with Crippen LogP contribution in [-0.2, 0) is 17.1 Å². The quantitative estimate of drug-likeness (QED) is 0.401. The van der Waals surface area contributed by atoms with Crippen LogP contribution in [0.25, 0.3) is 0 Å². The van der Waals surface area contributed by atoms with Crippen LogP contribution in [0.2, 0.25) is 0 Å². The molecule has 0 saturated carbocycles. The number of rotatable bonds is 1. The zero-order valence-corrected chi connectivity index (χ0v) is 11.7. The Morgan fingerprint density at radius 2 is 1.31 bits per heavy atom. The summed E-state index contributed by atoms with van der Waals surface area (Å²) in [5.41, 5.74) is 1.34. The first kappa shape index (κ1) is 17.9. The Labute approximate surface area is 115 Å². The van der Waals surface area contributed by atoms with Gasteiger partial charge in [-0.1, -0.05) is 13.8 Å². The van der Waals surface area contributed by atoms with Crippen molar-refractivity contribution in [3.8, 4) is 0 Å². The Balaban J connectivity index is 0. The van der Waals surface area contributed by atoms with Crippen LogP contribution in [0.15, 0.2) is 54.6 Å². The van der Waals surface area contributed by atoms with Gasteiger partial charge < -0.3 is 30.3 Å². The summed E-state index contributed by atoms with van der Waals surface area (Å²) in [6.45, 7) is 4.13. The number of hydrogen-bond acceptors (Lipinski definition) is 0. The largest absolute Gasteiger partial charge is 0.748 e. The van der Waals surface area contributed by atoms with E-state index in [1.165, 1.54) is 5.56 Å². The van der Waals surface area contributed by atoms with Crippen molar-refractivity contribution in [2.45, 2.75) is 20.3 Å². The molecule has 0 bridgehead atoms. The third kappa shape index (κ3) is 13.5. The Hall–Kier alpha value is -0.491. The van der Waals surface area contributed by atoms with Gasteiger partial charge in [-0.2, -0.15) is 17.7 Å². The molecule has 2 rings (SSSR count). The molecule has 0 radical (unpaired) electrons. The first-order chi connectivity index (χ1) is 7.31. The summed E-state index contributed by atoms with van der Waals surface area (Å²) < 4.78 is 0. The van der Waals surface area contributed by atoms with E-state index in [2.05, 4.69) is 19.1 Å². The molecule has 0 fully saturated rings. The van der Waals surface area contributed by atoms with Crippen LogP contribution in [-0.4, -0.2) is 5.88 Å². The summed E-state index contributed by atoms with van der Waals surface area (Å²) in [5.74, 6) is 0.792. The van der Waals surface area contributed by atoms with Crippen LogP contribution >= 0.6 is 11.6 Å². The number of aryl methyl sites for hydroxylation is 1. The van der Waals surface area contributed by atoms with E-state index in [4.69, 9.17) is 11.6 Å². The standard InChI is InChI=1S/C6H7.C5H5.C3H7Cl.Fe/c1-6-4-2-3-5-6;1-2-4-5-3-1;1-2-3-4;/h2-5H,1H3;1-5H;2-3H2,1H3;/q-1;-5;;. The van der Waals surface area contributed by atoms with Crippen molar-refractivity contribution in [2.75, 3.05) is 5.88 Å². The summed E-state index contributed by atoms with van der Waals surface area (Å²) in [7, 11) is 0. The summed E-state index contributed by atoms with van der Waals surface area (Å²) in [5, 5.41) is 0. The zero-order valence-electron chi connectivity index (χ0n) is 9.84. The second kappa shape index (κ2) is 14.5. The van der Waals surface area contributed by atoms with Crippen molar-refractivity contribution in [3.05, 3.63) is 60.2 Å². The number of hydrogen-bond donors (Lipinski definition) is 0. The fraction of sp³-hybridized carbons (Fsp3) is 0.286. The van der Waals surface area contributed by atoms with E-state index in [0.29, 0.717) is 0 Å². The predicted octanol–water partition coefficient (Wildman–Crippen LogP) is 4.75. The molecule has 16 heavy (non-hydrogen) atoms. The van der Waals surface area contributed by atoms with E-state index in [-0.39, 0.29) is 17.1 Å². The van der Waals surface area contributed by atoms with E-state index in [1.807, 2.05) is 49.4 Å². The number of alkyl halides is 1. The molecular formula is C14H19ClFe-6. The zero-order chi connectivity index (χ0) is 11.4. The van der Waals surface area contributed by atoms with Crippen LogP contribution in [0.4, 0.5) is 0 Å². The van der Waals surface area contributed by atoms with Crippen LogP contribution in [0.5, 0.6) is 0 Å². The van der Waals surface area contributed by atoms with E-state index in [9.17, 15) is 0 Å². The predicted molar refractivity (Wildman–Crippen MR) is 69.8 cm³/mol. The van der Waals surface area contributed by atoms with Gasteiger partial charge in [-0.3, -0.25) is 0 Å². The van der Waals surface area contributed by atoms with E-state index in [0.717, 1.165) is 12.3 Å². The normalized spacial score (nSPS) is 7.69. The summed E-state index contributed by atoms with van der Waals surface area (Å²) >= 11 is 5.19. The molecule has 2 aromatic carbocycles. The van der Waals surface area contributed by atoms with Crippen LogP contribution in [0.3, 0.4) is 0 Å². The Bertz CT molecular complexity index is 252. The topological polar surface area (TPSA) is 0 Å². The van der Waals surface area contributed by atoms with Gasteiger partial charge in [-0.05, 0) is 6.42 Å². The smallest absolute Gasteiger partial charge is 0.0220 e. The van der Waals surface area contributed by atoms with Gasteiger partial charge in [0.1, 0.15) is 0 Å². The van der Waals surface area contributed by atoms with Gasteiger partial charge in [0.25, 0.3) is 0 Å². The average molecular weight is 279 g/mol. The molecule has 0 nitrogen and oxygen atoms in total. The molecular weight excluding hydrogens is 259 g/mol. The Morgan fingerprint density at radius 3 is 1.44 bits per heavy atom. The molecule has 0 aliphatic rings. The minimum absolute atomic E-state index is 0. The van der Waals surface area contributed by atoms with Gasteiger partial charge in [-0.15, -0.1) is 11.6 Å². The Kier molecular flexibility index (Phi) is 16.2. The second-order valence-corrected chi connectivity index (χ2v) is 3.49. The van der Waals surface area contributed by atoms with Gasteiger partial charge in [0, 0.05) is 22.9 Å². The van der Waals surface area contributed by atoms with E-state index < -0.39 is 0 Å². The molecule has 0 N–H and O–H groups in total. The van der Waals surface area contributed by atoms with Gasteiger partial charge >= 0.3 is 0 Å². The molecule has 0 amide bonds. The summed E-state index contributed by atoms with van der Waals surface area (Å²) in [6.07, 6.45) is 1.08. The van der Waals surface area contributed by atoms with Crippen molar-refractivity contribution in [2.24, 2.45) is 0 Å². The molecule has 0 heterocycles. The molecule has 0 aliphatic carbocycles. The second-order valence-electron chi connectivity index (χ2n) is 3.11. The number of halogens is 1. The molecule has 96 valence electrons. The van der Waals surface area contributed by atoms with Crippen molar-refractivity contribution in [1.29, 1.82) is 0 Å². The maximum Gasteiger partial charge on any atom is 0.0220 e. The SMILES string of the molecule is CCCCl.C[c-]1cccc1.[Fe].[cH-]1[cH-][cH-][cH-][cH-]1. The first-order valence-electron chi connectivity index (χ1n) is 5.22. The molecule has 0 unspecified atom stereocenters. The average Bonchev–Trinajstić information content (AvgIpc) is 2.92. The minimum atomic E-state index is 0. The van der Waals surface area contributed by atoms with Crippen molar-refractivity contribution < 1.29 is 17.1 Å². The van der Waals surface area contributed by atoms with Gasteiger partial charge in [0.15, 0.2) is 0 Å². The van der Waals surface area contributed by atoms with Gasteiger partial charge in [-0.25, -0.2) is 12.1 Å². The van der Waals surface area contributed by atoms with Gasteiger partial charge in [0.05, 0.1) is 0 Å². The van der Waals surface area contributed by atoms with Crippen LogP contribution < -0.4 is 0 Å². The minimum Gasteiger partial charge on any atom is -0.748 e. The first-order valence-corrected chi connectivity index (χ1v) is 5.75. The Morgan fingerprint density at radius 1 is 1.00 bits per heavy atom. The fourth-order valence-electron chi connectivity index (χ4n) is 0.791. The molecule has 0 aliphatic heterocycles. The third-order valence-electron chi connectivity index (χ3n) is 1.57. The molecule has 2 aromatic rings. The van der Waals surface area contributed by atoms with Crippen LogP contribution in [0, 0.1) is 6.92 Å². The maximum atomic E-state index is 5.19. The van der Waals surface area contributed by atoms with Crippen molar-refractivity contribution in [3.63, 3.8) is 0 Å². The third-order valence-corrected chi connectivity index (χ3v) is 1.95. The van der Waals surface area contributed by atoms with E-state index >= 15 is 0 Å². The van der Waals surface area contributed by atoms with Crippen molar-refractivity contribution >= 4 is 11.6 Å². The van der Waals surface area contributed by atoms with E-state index in [1.54, 1.807) is 0 Å². The molecule has 0 saturated heterocycles. The van der Waals surface area contributed by atoms with Crippen molar-refractivity contribution in [1.82, 2.24) is 0 Å². The molecule has 0 spiro atoms. The molecule has 0 aromatic heterocycles. The molecule has 0 atom stereocenters. The summed E-state index contributed by atoms with van der Waals surface area (Å²) in [6, 6.07) is 18.2. The van der Waals surface area contributed by atoms with Gasteiger partial charge in [0.2, 0.25) is 0 Å². The fourth-order valence-corrected chi connectivity index (χ4v) is 0.791. The summed E-state index contributed by atoms with van der Waals surface area (Å²) in [4.78, 5) is 0. The monoisotopic (exact) mass is 278 g/mol. The van der Waals surface area contributed by atoms with Crippen LogP contribution in [0.1, 0.15) is 18.9 Å².